The van der Waals surface area contributed by atoms with Gasteiger partial charge < -0.3 is 15.2 Å². The number of hydrogen-bond acceptors (Lipinski definition) is 3. The average molecular weight is 342 g/mol. The summed E-state index contributed by atoms with van der Waals surface area (Å²) >= 11 is 2.87. The van der Waals surface area contributed by atoms with Crippen LogP contribution in [0.3, 0.4) is 0 Å². The van der Waals surface area contributed by atoms with Crippen molar-refractivity contribution in [3.05, 3.63) is 22.2 Å². The van der Waals surface area contributed by atoms with E-state index in [0.717, 1.165) is 7.11 Å². The largest absolute Gasteiger partial charge is 0.496 e. The van der Waals surface area contributed by atoms with Crippen LogP contribution < -0.4 is 10.1 Å². The van der Waals surface area contributed by atoms with E-state index in [2.05, 4.69) is 15.9 Å². The number of hydrogen-bond donors (Lipinski definition) is 2. The zero-order valence-electron chi connectivity index (χ0n) is 9.34. The van der Waals surface area contributed by atoms with Gasteiger partial charge in [0.05, 0.1) is 12.8 Å². The van der Waals surface area contributed by atoms with Crippen LogP contribution in [-0.4, -0.2) is 30.3 Å². The molecule has 0 aromatic heterocycles. The first-order valence-corrected chi connectivity index (χ1v) is 5.45. The Kier molecular flexibility index (Phi) is 4.40. The molecule has 1 amide bonds. The molecule has 5 nitrogen and oxygen atoms in total. The molecular formula is C10H7BrF3NO4. The maximum atomic E-state index is 12.2. The molecule has 0 heterocycles. The molecule has 1 rings (SSSR count). The van der Waals surface area contributed by atoms with Crippen LogP contribution in [-0.2, 0) is 4.79 Å². The van der Waals surface area contributed by atoms with E-state index in [1.165, 1.54) is 17.4 Å². The molecule has 19 heavy (non-hydrogen) atoms. The lowest BCUT2D eigenvalue weighted by molar-refractivity contribution is -0.167. The van der Waals surface area contributed by atoms with Crippen LogP contribution in [0.2, 0.25) is 0 Å². The minimum absolute atomic E-state index is 0.0108. The second kappa shape index (κ2) is 5.47. The van der Waals surface area contributed by atoms with Crippen molar-refractivity contribution in [3.63, 3.8) is 0 Å². The van der Waals surface area contributed by atoms with Gasteiger partial charge in [0.1, 0.15) is 11.3 Å². The van der Waals surface area contributed by atoms with Gasteiger partial charge in [0, 0.05) is 4.47 Å². The lowest BCUT2D eigenvalue weighted by atomic mass is 10.1. The number of ether oxygens (including phenoxy) is 1. The van der Waals surface area contributed by atoms with Gasteiger partial charge in [-0.05, 0) is 28.1 Å². The van der Waals surface area contributed by atoms with Crippen molar-refractivity contribution < 1.29 is 32.6 Å². The summed E-state index contributed by atoms with van der Waals surface area (Å²) in [5, 5.41) is 10.5. The maximum Gasteiger partial charge on any atom is 0.471 e. The minimum Gasteiger partial charge on any atom is -0.496 e. The van der Waals surface area contributed by atoms with Crippen LogP contribution in [0.25, 0.3) is 0 Å². The lowest BCUT2D eigenvalue weighted by Gasteiger charge is -2.14. The first-order chi connectivity index (χ1) is 8.68. The predicted octanol–water partition coefficient (Wildman–Crippen LogP) is 2.66. The van der Waals surface area contributed by atoms with Gasteiger partial charge in [0.25, 0.3) is 0 Å². The Labute approximate surface area is 113 Å². The van der Waals surface area contributed by atoms with Crippen LogP contribution >= 0.6 is 15.9 Å². The summed E-state index contributed by atoms with van der Waals surface area (Å²) in [6.07, 6.45) is -5.13. The number of carbonyl (C=O) groups is 2. The number of carboxylic acids is 1. The molecular weight excluding hydrogens is 335 g/mol. The number of benzene rings is 1. The Balaban J connectivity index is 3.33. The van der Waals surface area contributed by atoms with E-state index < -0.39 is 29.3 Å². The number of carbonyl (C=O) groups excluding carboxylic acids is 1. The zero-order valence-corrected chi connectivity index (χ0v) is 10.9. The highest BCUT2D eigenvalue weighted by molar-refractivity contribution is 9.10. The lowest BCUT2D eigenvalue weighted by Crippen LogP contribution is -2.30. The molecule has 0 aliphatic carbocycles. The van der Waals surface area contributed by atoms with E-state index in [9.17, 15) is 22.8 Å². The van der Waals surface area contributed by atoms with Crippen molar-refractivity contribution in [2.75, 3.05) is 12.4 Å². The number of carboxylic acid groups (broad SMARTS) is 1. The second-order valence-corrected chi connectivity index (χ2v) is 4.11. The van der Waals surface area contributed by atoms with Crippen LogP contribution in [0.15, 0.2) is 16.6 Å². The van der Waals surface area contributed by atoms with Crippen molar-refractivity contribution in [1.29, 1.82) is 0 Å². The molecule has 0 saturated carbocycles. The molecule has 9 heteroatoms. The molecule has 1 aromatic carbocycles. The topological polar surface area (TPSA) is 75.6 Å². The summed E-state index contributed by atoms with van der Waals surface area (Å²) in [5.74, 6) is -3.98. The van der Waals surface area contributed by atoms with E-state index in [0.29, 0.717) is 0 Å². The zero-order chi connectivity index (χ0) is 14.8. The summed E-state index contributed by atoms with van der Waals surface area (Å²) in [5.41, 5.74) is -1.09. The predicted molar refractivity (Wildman–Crippen MR) is 62.3 cm³/mol. The summed E-state index contributed by atoms with van der Waals surface area (Å²) in [6.45, 7) is 0. The standard InChI is InChI=1S/C10H7BrF3NO4/c1-19-5-3-2-4(11)7(6(5)8(16)17)15-9(18)10(12,13)14/h2-3H,1H3,(H,15,18)(H,16,17). The number of rotatable bonds is 3. The molecule has 1 aromatic rings. The fraction of sp³-hybridized carbons (Fsp3) is 0.200. The van der Waals surface area contributed by atoms with E-state index in [1.54, 1.807) is 0 Å². The fourth-order valence-corrected chi connectivity index (χ4v) is 1.68. The van der Waals surface area contributed by atoms with Gasteiger partial charge >= 0.3 is 18.1 Å². The molecule has 2 N–H and O–H groups in total. The SMILES string of the molecule is COc1ccc(Br)c(NC(=O)C(F)(F)F)c1C(=O)O. The Morgan fingerprint density at radius 2 is 1.95 bits per heavy atom. The van der Waals surface area contributed by atoms with Crippen molar-refractivity contribution in [2.45, 2.75) is 6.18 Å². The van der Waals surface area contributed by atoms with Gasteiger partial charge in [-0.1, -0.05) is 0 Å². The Bertz CT molecular complexity index is 530. The van der Waals surface area contributed by atoms with Crippen molar-refractivity contribution >= 4 is 33.5 Å². The van der Waals surface area contributed by atoms with Gasteiger partial charge in [0.15, 0.2) is 0 Å². The Morgan fingerprint density at radius 3 is 2.37 bits per heavy atom. The van der Waals surface area contributed by atoms with E-state index in [4.69, 9.17) is 9.84 Å². The Hall–Kier alpha value is -1.77. The van der Waals surface area contributed by atoms with Gasteiger partial charge in [-0.3, -0.25) is 4.79 Å². The number of halogens is 4. The molecule has 0 saturated heterocycles. The molecule has 0 unspecified atom stereocenters. The molecule has 104 valence electrons. The Morgan fingerprint density at radius 1 is 1.37 bits per heavy atom. The molecule has 0 aliphatic rings. The molecule has 0 bridgehead atoms. The number of anilines is 1. The summed E-state index contributed by atoms with van der Waals surface area (Å²) < 4.78 is 41.3. The summed E-state index contributed by atoms with van der Waals surface area (Å²) in [7, 11) is 1.16. The highest BCUT2D eigenvalue weighted by Crippen LogP contribution is 2.34. The molecule has 0 radical (unpaired) electrons. The van der Waals surface area contributed by atoms with Crippen molar-refractivity contribution in [2.24, 2.45) is 0 Å². The van der Waals surface area contributed by atoms with Gasteiger partial charge in [-0.15, -0.1) is 0 Å². The fourth-order valence-electron chi connectivity index (χ4n) is 1.25. The third-order valence-electron chi connectivity index (χ3n) is 2.05. The summed E-state index contributed by atoms with van der Waals surface area (Å²) in [6, 6.07) is 2.51. The molecule has 0 fully saturated rings. The number of methoxy groups -OCH3 is 1. The first-order valence-electron chi connectivity index (χ1n) is 4.66. The minimum atomic E-state index is -5.13. The summed E-state index contributed by atoms with van der Waals surface area (Å²) in [4.78, 5) is 21.9. The average Bonchev–Trinajstić information content (AvgIpc) is 2.29. The van der Waals surface area contributed by atoms with Crippen LogP contribution in [0.5, 0.6) is 5.75 Å². The molecule has 0 spiro atoms. The van der Waals surface area contributed by atoms with E-state index in [1.807, 2.05) is 0 Å². The van der Waals surface area contributed by atoms with Crippen LogP contribution in [0.4, 0.5) is 18.9 Å². The van der Waals surface area contributed by atoms with Gasteiger partial charge in [0.2, 0.25) is 0 Å². The van der Waals surface area contributed by atoms with Crippen LogP contribution in [0, 0.1) is 0 Å². The highest BCUT2D eigenvalue weighted by Gasteiger charge is 2.39. The highest BCUT2D eigenvalue weighted by atomic mass is 79.9. The van der Waals surface area contributed by atoms with Crippen LogP contribution in [0.1, 0.15) is 10.4 Å². The smallest absolute Gasteiger partial charge is 0.471 e. The third-order valence-corrected chi connectivity index (χ3v) is 2.71. The van der Waals surface area contributed by atoms with E-state index in [-0.39, 0.29) is 10.2 Å². The van der Waals surface area contributed by atoms with E-state index >= 15 is 0 Å². The molecule has 0 atom stereocenters. The third kappa shape index (κ3) is 3.37. The monoisotopic (exact) mass is 341 g/mol. The second-order valence-electron chi connectivity index (χ2n) is 3.26. The normalized spacial score (nSPS) is 11.0. The number of alkyl halides is 3. The van der Waals surface area contributed by atoms with Crippen molar-refractivity contribution in [3.8, 4) is 5.75 Å². The molecule has 0 aliphatic heterocycles. The maximum absolute atomic E-state index is 12.2. The number of aromatic carboxylic acids is 1. The van der Waals surface area contributed by atoms with Gasteiger partial charge in [-0.25, -0.2) is 4.79 Å². The number of nitrogens with one attached hydrogen (secondary N) is 1. The quantitative estimate of drug-likeness (QED) is 0.886. The van der Waals surface area contributed by atoms with Crippen molar-refractivity contribution in [1.82, 2.24) is 0 Å². The number of amides is 1. The van der Waals surface area contributed by atoms with Gasteiger partial charge in [-0.2, -0.15) is 13.2 Å². The first kappa shape index (κ1) is 15.3.